The molecule has 0 aliphatic carbocycles. The Labute approximate surface area is 86.8 Å². The fraction of sp³-hybridized carbons (Fsp3) is 1.00. The van der Waals surface area contributed by atoms with Crippen LogP contribution in [-0.2, 0) is 0 Å². The zero-order chi connectivity index (χ0) is 9.23. The standard InChI is InChI=1S/C11H25N.CH4.H2/c1-4-5-6-9-12-10-7-8-11(2)3;;/h11-12H,4-10H2,1-3H3;1H4;1H. The van der Waals surface area contributed by atoms with Gasteiger partial charge in [0, 0.05) is 1.43 Å². The van der Waals surface area contributed by atoms with Crippen molar-refractivity contribution in [2.75, 3.05) is 13.1 Å². The molecule has 0 amide bonds. The summed E-state index contributed by atoms with van der Waals surface area (Å²) >= 11 is 0. The monoisotopic (exact) mass is 189 g/mol. The number of unbranched alkanes of at least 4 members (excludes halogenated alkanes) is 2. The molecule has 0 saturated heterocycles. The zero-order valence-corrected chi connectivity index (χ0v) is 9.03. The molecule has 0 atom stereocenters. The van der Waals surface area contributed by atoms with E-state index >= 15 is 0 Å². The molecule has 0 bridgehead atoms. The molecule has 0 radical (unpaired) electrons. The third-order valence-electron chi connectivity index (χ3n) is 2.09. The van der Waals surface area contributed by atoms with Gasteiger partial charge in [0.05, 0.1) is 0 Å². The van der Waals surface area contributed by atoms with Gasteiger partial charge in [0.25, 0.3) is 0 Å². The highest BCUT2D eigenvalue weighted by Crippen LogP contribution is 2.01. The highest BCUT2D eigenvalue weighted by Gasteiger charge is 1.92. The molecule has 0 aliphatic heterocycles. The van der Waals surface area contributed by atoms with E-state index in [0.717, 1.165) is 5.92 Å². The average Bonchev–Trinajstić information content (AvgIpc) is 2.02. The Morgan fingerprint density at radius 3 is 2.23 bits per heavy atom. The molecule has 0 saturated carbocycles. The summed E-state index contributed by atoms with van der Waals surface area (Å²) in [4.78, 5) is 0. The maximum Gasteiger partial charge on any atom is 0 e. The Morgan fingerprint density at radius 1 is 1.08 bits per heavy atom. The van der Waals surface area contributed by atoms with E-state index in [1.807, 2.05) is 0 Å². The van der Waals surface area contributed by atoms with Gasteiger partial charge in [-0.1, -0.05) is 41.0 Å². The van der Waals surface area contributed by atoms with Crippen LogP contribution in [0.1, 0.15) is 61.7 Å². The molecule has 0 heterocycles. The predicted octanol–water partition coefficient (Wildman–Crippen LogP) is 4.08. The van der Waals surface area contributed by atoms with Gasteiger partial charge in [-0.2, -0.15) is 0 Å². The van der Waals surface area contributed by atoms with Crippen molar-refractivity contribution in [3.63, 3.8) is 0 Å². The van der Waals surface area contributed by atoms with Crippen LogP contribution in [0.25, 0.3) is 0 Å². The molecule has 84 valence electrons. The van der Waals surface area contributed by atoms with E-state index in [1.54, 1.807) is 0 Å². The Kier molecular flexibility index (Phi) is 14.2. The van der Waals surface area contributed by atoms with E-state index in [9.17, 15) is 0 Å². The third kappa shape index (κ3) is 14.8. The fourth-order valence-corrected chi connectivity index (χ4v) is 1.26. The Morgan fingerprint density at radius 2 is 1.69 bits per heavy atom. The van der Waals surface area contributed by atoms with Crippen LogP contribution in [0.2, 0.25) is 0 Å². The molecule has 1 nitrogen and oxygen atoms in total. The summed E-state index contributed by atoms with van der Waals surface area (Å²) in [6.45, 7) is 9.25. The lowest BCUT2D eigenvalue weighted by molar-refractivity contribution is 0.520. The Balaban J connectivity index is -0.000000605. The number of hydrogen-bond donors (Lipinski definition) is 1. The van der Waals surface area contributed by atoms with Gasteiger partial charge in [-0.05, 0) is 38.3 Å². The second-order valence-corrected chi connectivity index (χ2v) is 3.99. The van der Waals surface area contributed by atoms with E-state index in [2.05, 4.69) is 26.1 Å². The summed E-state index contributed by atoms with van der Waals surface area (Å²) in [5.74, 6) is 0.863. The fourth-order valence-electron chi connectivity index (χ4n) is 1.26. The molecule has 0 spiro atoms. The lowest BCUT2D eigenvalue weighted by Crippen LogP contribution is -2.16. The largest absolute Gasteiger partial charge is 0.317 e. The van der Waals surface area contributed by atoms with Crippen LogP contribution in [0.5, 0.6) is 0 Å². The highest BCUT2D eigenvalue weighted by molar-refractivity contribution is 4.51. The third-order valence-corrected chi connectivity index (χ3v) is 2.09. The van der Waals surface area contributed by atoms with Crippen LogP contribution in [0.4, 0.5) is 0 Å². The minimum absolute atomic E-state index is 0. The molecule has 1 heteroatoms. The van der Waals surface area contributed by atoms with Gasteiger partial charge in [0.2, 0.25) is 0 Å². The van der Waals surface area contributed by atoms with Crippen molar-refractivity contribution in [1.29, 1.82) is 0 Å². The van der Waals surface area contributed by atoms with Crippen LogP contribution in [0.15, 0.2) is 0 Å². The SMILES string of the molecule is C.CCCCCNCCCC(C)C.[HH]. The summed E-state index contributed by atoms with van der Waals surface area (Å²) in [5.41, 5.74) is 0. The average molecular weight is 189 g/mol. The maximum absolute atomic E-state index is 3.48. The van der Waals surface area contributed by atoms with E-state index in [1.165, 1.54) is 45.2 Å². The number of rotatable bonds is 8. The van der Waals surface area contributed by atoms with Gasteiger partial charge in [-0.15, -0.1) is 0 Å². The quantitative estimate of drug-likeness (QED) is 0.567. The van der Waals surface area contributed by atoms with Crippen molar-refractivity contribution in [2.45, 2.75) is 60.3 Å². The van der Waals surface area contributed by atoms with E-state index < -0.39 is 0 Å². The summed E-state index contributed by atoms with van der Waals surface area (Å²) < 4.78 is 0. The molecule has 0 aliphatic rings. The molecular weight excluding hydrogens is 158 g/mol. The van der Waals surface area contributed by atoms with Crippen molar-refractivity contribution in [3.05, 3.63) is 0 Å². The number of hydrogen-bond acceptors (Lipinski definition) is 1. The summed E-state index contributed by atoms with van der Waals surface area (Å²) in [6.07, 6.45) is 6.74. The van der Waals surface area contributed by atoms with Crippen LogP contribution < -0.4 is 5.32 Å². The van der Waals surface area contributed by atoms with Gasteiger partial charge >= 0.3 is 0 Å². The summed E-state index contributed by atoms with van der Waals surface area (Å²) in [6, 6.07) is 0. The lowest BCUT2D eigenvalue weighted by Gasteiger charge is -2.05. The smallest absolute Gasteiger partial charge is 0 e. The second-order valence-electron chi connectivity index (χ2n) is 3.99. The first-order chi connectivity index (χ1) is 5.77. The van der Waals surface area contributed by atoms with E-state index in [4.69, 9.17) is 0 Å². The topological polar surface area (TPSA) is 12.0 Å². The molecule has 0 aromatic rings. The molecule has 0 aromatic heterocycles. The van der Waals surface area contributed by atoms with Crippen molar-refractivity contribution in [1.82, 2.24) is 5.32 Å². The van der Waals surface area contributed by atoms with Crippen LogP contribution in [-0.4, -0.2) is 13.1 Å². The van der Waals surface area contributed by atoms with Crippen LogP contribution >= 0.6 is 0 Å². The number of nitrogens with one attached hydrogen (secondary N) is 1. The zero-order valence-electron chi connectivity index (χ0n) is 9.03. The first-order valence-electron chi connectivity index (χ1n) is 5.48. The first kappa shape index (κ1) is 15.4. The van der Waals surface area contributed by atoms with Crippen molar-refractivity contribution in [2.24, 2.45) is 5.92 Å². The van der Waals surface area contributed by atoms with E-state index in [-0.39, 0.29) is 8.85 Å². The predicted molar refractivity (Wildman–Crippen MR) is 65.3 cm³/mol. The van der Waals surface area contributed by atoms with Crippen LogP contribution in [0.3, 0.4) is 0 Å². The van der Waals surface area contributed by atoms with Gasteiger partial charge in [0.15, 0.2) is 0 Å². The minimum atomic E-state index is 0. The minimum Gasteiger partial charge on any atom is -0.317 e. The van der Waals surface area contributed by atoms with Crippen molar-refractivity contribution >= 4 is 0 Å². The van der Waals surface area contributed by atoms with Crippen molar-refractivity contribution < 1.29 is 1.43 Å². The summed E-state index contributed by atoms with van der Waals surface area (Å²) in [5, 5.41) is 3.48. The summed E-state index contributed by atoms with van der Waals surface area (Å²) in [7, 11) is 0. The normalized spacial score (nSPS) is 10.2. The maximum atomic E-state index is 3.48. The molecular formula is C12H31N. The second kappa shape index (κ2) is 12.0. The molecule has 0 rings (SSSR count). The molecule has 0 unspecified atom stereocenters. The van der Waals surface area contributed by atoms with Gasteiger partial charge in [-0.25, -0.2) is 0 Å². The molecule has 0 fully saturated rings. The highest BCUT2D eigenvalue weighted by atomic mass is 14.8. The van der Waals surface area contributed by atoms with E-state index in [0.29, 0.717) is 0 Å². The molecule has 0 aromatic carbocycles. The van der Waals surface area contributed by atoms with Gasteiger partial charge in [0.1, 0.15) is 0 Å². The van der Waals surface area contributed by atoms with Crippen LogP contribution in [0, 0.1) is 5.92 Å². The Hall–Kier alpha value is -0.0400. The lowest BCUT2D eigenvalue weighted by atomic mass is 10.1. The van der Waals surface area contributed by atoms with Crippen molar-refractivity contribution in [3.8, 4) is 0 Å². The molecule has 13 heavy (non-hydrogen) atoms. The van der Waals surface area contributed by atoms with Gasteiger partial charge < -0.3 is 5.32 Å². The molecule has 1 N–H and O–H groups in total. The Bertz CT molecular complexity index is 84.4. The van der Waals surface area contributed by atoms with Gasteiger partial charge in [-0.3, -0.25) is 0 Å². The first-order valence-corrected chi connectivity index (χ1v) is 5.48.